The molecule has 0 radical (unpaired) electrons. The zero-order valence-electron chi connectivity index (χ0n) is 14.9. The lowest BCUT2D eigenvalue weighted by molar-refractivity contribution is 0.188. The highest BCUT2D eigenvalue weighted by molar-refractivity contribution is 7.71. The molecule has 1 aromatic carbocycles. The average molecular weight is 410 g/mol. The van der Waals surface area contributed by atoms with E-state index in [0.29, 0.717) is 11.3 Å². The molecule has 1 aliphatic heterocycles. The van der Waals surface area contributed by atoms with Gasteiger partial charge < -0.3 is 9.88 Å². The lowest BCUT2D eigenvalue weighted by atomic mass is 9.99. The van der Waals surface area contributed by atoms with E-state index < -0.39 is 0 Å². The van der Waals surface area contributed by atoms with Crippen molar-refractivity contribution in [2.75, 3.05) is 19.6 Å². The summed E-state index contributed by atoms with van der Waals surface area (Å²) in [5.74, 6) is 0.850. The van der Waals surface area contributed by atoms with Crippen LogP contribution in [-0.2, 0) is 6.54 Å². The van der Waals surface area contributed by atoms with Gasteiger partial charge in [-0.05, 0) is 63.1 Å². The molecule has 0 bridgehead atoms. The SMILES string of the molecule is CC1CCN(CCCn2c(=S)[nH]c3c(sc4ccccc43)c2=O)CC1.Cl. The number of nitrogens with one attached hydrogen (secondary N) is 1. The number of rotatable bonds is 4. The molecule has 2 aromatic heterocycles. The first-order valence-corrected chi connectivity index (χ1v) is 10.2. The first-order valence-electron chi connectivity index (χ1n) is 9.00. The van der Waals surface area contributed by atoms with E-state index in [4.69, 9.17) is 12.2 Å². The van der Waals surface area contributed by atoms with Crippen molar-refractivity contribution in [1.29, 1.82) is 0 Å². The summed E-state index contributed by atoms with van der Waals surface area (Å²) in [5.41, 5.74) is 0.934. The molecule has 3 aromatic rings. The van der Waals surface area contributed by atoms with E-state index in [1.54, 1.807) is 15.9 Å². The molecule has 1 N–H and O–H groups in total. The lowest BCUT2D eigenvalue weighted by Crippen LogP contribution is -2.34. The monoisotopic (exact) mass is 409 g/mol. The van der Waals surface area contributed by atoms with Crippen LogP contribution in [0.5, 0.6) is 0 Å². The molecule has 4 nitrogen and oxygen atoms in total. The van der Waals surface area contributed by atoms with E-state index in [-0.39, 0.29) is 18.0 Å². The van der Waals surface area contributed by atoms with Crippen molar-refractivity contribution in [2.45, 2.75) is 32.7 Å². The topological polar surface area (TPSA) is 41.0 Å². The van der Waals surface area contributed by atoms with Crippen molar-refractivity contribution >= 4 is 56.3 Å². The second kappa shape index (κ2) is 8.21. The number of halogens is 1. The highest BCUT2D eigenvalue weighted by Crippen LogP contribution is 2.29. The molecule has 7 heteroatoms. The van der Waals surface area contributed by atoms with Gasteiger partial charge in [0.25, 0.3) is 5.56 Å². The maximum atomic E-state index is 12.9. The minimum absolute atomic E-state index is 0. The van der Waals surface area contributed by atoms with Gasteiger partial charge >= 0.3 is 0 Å². The van der Waals surface area contributed by atoms with Gasteiger partial charge in [0.05, 0.1) is 5.52 Å². The number of fused-ring (bicyclic) bond motifs is 3. The smallest absolute Gasteiger partial charge is 0.272 e. The van der Waals surface area contributed by atoms with Crippen LogP contribution >= 0.6 is 36.0 Å². The molecule has 140 valence electrons. The summed E-state index contributed by atoms with van der Waals surface area (Å²) >= 11 is 7.03. The fraction of sp³-hybridized carbons (Fsp3) is 0.474. The van der Waals surface area contributed by atoms with Gasteiger partial charge in [-0.1, -0.05) is 25.1 Å². The molecule has 0 aliphatic carbocycles. The Labute approximate surface area is 168 Å². The summed E-state index contributed by atoms with van der Waals surface area (Å²) in [6, 6.07) is 8.10. The van der Waals surface area contributed by atoms with Gasteiger partial charge in [-0.3, -0.25) is 9.36 Å². The number of nitrogens with zero attached hydrogens (tertiary/aromatic N) is 2. The second-order valence-electron chi connectivity index (χ2n) is 7.07. The highest BCUT2D eigenvalue weighted by atomic mass is 35.5. The number of aromatic nitrogens is 2. The molecule has 3 heterocycles. The van der Waals surface area contributed by atoms with Crippen molar-refractivity contribution in [3.05, 3.63) is 39.4 Å². The van der Waals surface area contributed by atoms with Crippen LogP contribution in [0.1, 0.15) is 26.2 Å². The molecule has 0 unspecified atom stereocenters. The van der Waals surface area contributed by atoms with Crippen LogP contribution in [0.3, 0.4) is 0 Å². The van der Waals surface area contributed by atoms with Crippen LogP contribution in [0.25, 0.3) is 20.3 Å². The van der Waals surface area contributed by atoms with Gasteiger partial charge in [0, 0.05) is 16.6 Å². The van der Waals surface area contributed by atoms with Crippen LogP contribution in [0.15, 0.2) is 29.1 Å². The maximum Gasteiger partial charge on any atom is 0.272 e. The minimum Gasteiger partial charge on any atom is -0.330 e. The van der Waals surface area contributed by atoms with Gasteiger partial charge in [-0.25, -0.2) is 0 Å². The third-order valence-electron chi connectivity index (χ3n) is 5.24. The van der Waals surface area contributed by atoms with E-state index in [1.807, 2.05) is 18.2 Å². The van der Waals surface area contributed by atoms with Crippen LogP contribution in [0.2, 0.25) is 0 Å². The van der Waals surface area contributed by atoms with Gasteiger partial charge in [0.1, 0.15) is 4.70 Å². The standard InChI is InChI=1S/C19H23N3OS2.ClH/c1-13-7-11-21(12-8-13)9-4-10-22-18(23)17-16(20-19(22)24)14-5-2-3-6-15(14)25-17;/h2-3,5-6,13H,4,7-12H2,1H3,(H,20,24);1H. The number of hydrogen-bond acceptors (Lipinski definition) is 4. The Morgan fingerprint density at radius 3 is 2.73 bits per heavy atom. The molecule has 4 rings (SSSR count). The predicted octanol–water partition coefficient (Wildman–Crippen LogP) is 4.82. The Bertz CT molecular complexity index is 1010. The summed E-state index contributed by atoms with van der Waals surface area (Å²) in [7, 11) is 0. The third-order valence-corrected chi connectivity index (χ3v) is 6.73. The van der Waals surface area contributed by atoms with Gasteiger partial charge in [0.15, 0.2) is 4.77 Å². The first kappa shape index (κ1) is 19.5. The number of hydrogen-bond donors (Lipinski definition) is 1. The Kier molecular flexibility index (Phi) is 6.17. The Balaban J connectivity index is 0.00000196. The van der Waals surface area contributed by atoms with E-state index in [2.05, 4.69) is 22.9 Å². The lowest BCUT2D eigenvalue weighted by Gasteiger charge is -2.30. The van der Waals surface area contributed by atoms with E-state index in [0.717, 1.165) is 39.2 Å². The molecule has 1 saturated heterocycles. The summed E-state index contributed by atoms with van der Waals surface area (Å²) in [5, 5.41) is 1.08. The van der Waals surface area contributed by atoms with Crippen molar-refractivity contribution in [3.8, 4) is 0 Å². The molecule has 0 saturated carbocycles. The Hall–Kier alpha value is -1.21. The van der Waals surface area contributed by atoms with Crippen LogP contribution in [0.4, 0.5) is 0 Å². The third kappa shape index (κ3) is 3.74. The quantitative estimate of drug-likeness (QED) is 0.628. The fourth-order valence-corrected chi connectivity index (χ4v) is 5.03. The van der Waals surface area contributed by atoms with Gasteiger partial charge in [-0.2, -0.15) is 0 Å². The molecule has 1 aliphatic rings. The summed E-state index contributed by atoms with van der Waals surface area (Å²) < 4.78 is 4.18. The minimum atomic E-state index is 0. The fourth-order valence-electron chi connectivity index (χ4n) is 3.65. The number of aromatic amines is 1. The second-order valence-corrected chi connectivity index (χ2v) is 8.51. The van der Waals surface area contributed by atoms with Crippen LogP contribution in [0, 0.1) is 10.7 Å². The number of H-pyrrole nitrogens is 1. The summed E-state index contributed by atoms with van der Waals surface area (Å²) in [4.78, 5) is 18.7. The molecule has 0 amide bonds. The van der Waals surface area contributed by atoms with Crippen molar-refractivity contribution in [3.63, 3.8) is 0 Å². The molecular formula is C19H24ClN3OS2. The zero-order chi connectivity index (χ0) is 17.4. The normalized spacial score (nSPS) is 16.2. The Morgan fingerprint density at radius 2 is 1.96 bits per heavy atom. The zero-order valence-corrected chi connectivity index (χ0v) is 17.3. The molecular weight excluding hydrogens is 386 g/mol. The molecule has 0 atom stereocenters. The number of likely N-dealkylation sites (tertiary alicyclic amines) is 1. The van der Waals surface area contributed by atoms with Crippen molar-refractivity contribution in [1.82, 2.24) is 14.5 Å². The molecule has 1 fully saturated rings. The average Bonchev–Trinajstić information content (AvgIpc) is 2.98. The summed E-state index contributed by atoms with van der Waals surface area (Å²) in [6.45, 7) is 6.41. The van der Waals surface area contributed by atoms with E-state index in [9.17, 15) is 4.79 Å². The number of piperidine rings is 1. The largest absolute Gasteiger partial charge is 0.330 e. The predicted molar refractivity (Wildman–Crippen MR) is 115 cm³/mol. The van der Waals surface area contributed by atoms with E-state index in [1.165, 1.54) is 25.9 Å². The Morgan fingerprint density at radius 1 is 1.23 bits per heavy atom. The number of thiophene rings is 1. The van der Waals surface area contributed by atoms with Gasteiger partial charge in [-0.15, -0.1) is 23.7 Å². The van der Waals surface area contributed by atoms with Crippen LogP contribution < -0.4 is 5.56 Å². The summed E-state index contributed by atoms with van der Waals surface area (Å²) in [6.07, 6.45) is 3.53. The maximum absolute atomic E-state index is 12.9. The highest BCUT2D eigenvalue weighted by Gasteiger charge is 2.16. The van der Waals surface area contributed by atoms with Crippen LogP contribution in [-0.4, -0.2) is 34.1 Å². The first-order chi connectivity index (χ1) is 12.1. The number of benzene rings is 1. The molecule has 26 heavy (non-hydrogen) atoms. The molecule has 0 spiro atoms. The van der Waals surface area contributed by atoms with Gasteiger partial charge in [0.2, 0.25) is 0 Å². The van der Waals surface area contributed by atoms with Crippen molar-refractivity contribution in [2.24, 2.45) is 5.92 Å². The van der Waals surface area contributed by atoms with Crippen molar-refractivity contribution < 1.29 is 0 Å². The van der Waals surface area contributed by atoms with E-state index >= 15 is 0 Å².